The van der Waals surface area contributed by atoms with E-state index in [0.29, 0.717) is 0 Å². The van der Waals surface area contributed by atoms with Crippen LogP contribution < -0.4 is 4.90 Å². The molecule has 0 atom stereocenters. The van der Waals surface area contributed by atoms with Crippen molar-refractivity contribution < 1.29 is 0 Å². The molecule has 0 saturated heterocycles. The lowest BCUT2D eigenvalue weighted by molar-refractivity contribution is 0.768. The Hall–Kier alpha value is -8.78. The maximum absolute atomic E-state index is 2.43. The second-order valence-electron chi connectivity index (χ2n) is 18.6. The van der Waals surface area contributed by atoms with Crippen LogP contribution >= 0.6 is 0 Å². The molecule has 13 rings (SSSR count). The Morgan fingerprint density at radius 2 is 0.718 bits per heavy atom. The monoisotopic (exact) mass is 907 g/mol. The average molecular weight is 908 g/mol. The van der Waals surface area contributed by atoms with Gasteiger partial charge in [0.15, 0.2) is 0 Å². The highest BCUT2D eigenvalue weighted by Crippen LogP contribution is 2.59. The lowest BCUT2D eigenvalue weighted by Crippen LogP contribution is -2.28. The molecule has 0 saturated carbocycles. The fourth-order valence-electron chi connectivity index (χ4n) is 11.3. The smallest absolute Gasteiger partial charge is 0.0713 e. The average Bonchev–Trinajstić information content (AvgIpc) is 4.00. The second-order valence-corrected chi connectivity index (χ2v) is 18.6. The quantitative estimate of drug-likeness (QED) is 0.139. The van der Waals surface area contributed by atoms with E-state index >= 15 is 0 Å². The third-order valence-electron chi connectivity index (χ3n) is 14.7. The molecule has 2 aliphatic carbocycles. The van der Waals surface area contributed by atoms with Crippen molar-refractivity contribution in [2.75, 3.05) is 4.90 Å². The van der Waals surface area contributed by atoms with Crippen LogP contribution in [0.2, 0.25) is 0 Å². The number of benzene rings is 11. The van der Waals surface area contributed by atoms with Gasteiger partial charge in [-0.15, -0.1) is 0 Å². The molecule has 11 aromatic rings. The van der Waals surface area contributed by atoms with E-state index in [4.69, 9.17) is 0 Å². The Morgan fingerprint density at radius 3 is 1.23 bits per heavy atom. The van der Waals surface area contributed by atoms with Crippen LogP contribution in [0.3, 0.4) is 0 Å². The summed E-state index contributed by atoms with van der Waals surface area (Å²) in [5.41, 5.74) is 25.2. The molecule has 0 unspecified atom stereocenters. The van der Waals surface area contributed by atoms with Gasteiger partial charge < -0.3 is 4.90 Å². The number of hydrogen-bond donors (Lipinski definition) is 0. The number of hydrogen-bond acceptors (Lipinski definition) is 1. The first-order chi connectivity index (χ1) is 35.2. The molecule has 0 heterocycles. The predicted octanol–water partition coefficient (Wildman–Crippen LogP) is 18.3. The van der Waals surface area contributed by atoms with E-state index in [-0.39, 0.29) is 0 Å². The highest BCUT2D eigenvalue weighted by Gasteiger charge is 2.47. The molecule has 0 aromatic heterocycles. The molecule has 2 aliphatic rings. The topological polar surface area (TPSA) is 3.24 Å². The van der Waals surface area contributed by atoms with E-state index in [1.165, 1.54) is 94.6 Å². The molecule has 0 N–H and O–H groups in total. The summed E-state index contributed by atoms with van der Waals surface area (Å²) in [5, 5.41) is 0. The Morgan fingerprint density at radius 1 is 0.310 bits per heavy atom. The van der Waals surface area contributed by atoms with E-state index in [1.54, 1.807) is 0 Å². The van der Waals surface area contributed by atoms with Crippen molar-refractivity contribution in [1.29, 1.82) is 0 Å². The molecule has 0 aliphatic heterocycles. The molecule has 338 valence electrons. The van der Waals surface area contributed by atoms with Gasteiger partial charge in [0.25, 0.3) is 0 Å². The van der Waals surface area contributed by atoms with Gasteiger partial charge in [-0.2, -0.15) is 0 Å². The summed E-state index contributed by atoms with van der Waals surface area (Å²) < 4.78 is 0. The third kappa shape index (κ3) is 7.87. The van der Waals surface area contributed by atoms with Crippen LogP contribution in [0.5, 0.6) is 0 Å². The SMILES string of the molecule is CCc1ccccc1.c1ccc(-c2ccc(N(c3ccc(-c4ccccc4)cc3)c3ccc(-c4cccc5c4Cc4c-5ccc5c4-c4ccccc4C5(c4ccccc4)c4ccccc4)cc3)cc2)cc1. The van der Waals surface area contributed by atoms with Crippen LogP contribution in [0.1, 0.15) is 45.9 Å². The summed E-state index contributed by atoms with van der Waals surface area (Å²) >= 11 is 0. The zero-order valence-corrected chi connectivity index (χ0v) is 39.9. The Labute approximate surface area is 418 Å². The van der Waals surface area contributed by atoms with E-state index < -0.39 is 5.41 Å². The van der Waals surface area contributed by atoms with Crippen molar-refractivity contribution in [1.82, 2.24) is 0 Å². The number of fused-ring (bicyclic) bond motifs is 7. The van der Waals surface area contributed by atoms with Gasteiger partial charge in [-0.05, 0) is 144 Å². The van der Waals surface area contributed by atoms with Crippen LogP contribution in [0.4, 0.5) is 17.1 Å². The molecule has 0 amide bonds. The molecule has 1 nitrogen and oxygen atoms in total. The summed E-state index contributed by atoms with van der Waals surface area (Å²) in [4.78, 5) is 2.37. The summed E-state index contributed by atoms with van der Waals surface area (Å²) in [7, 11) is 0. The van der Waals surface area contributed by atoms with Crippen LogP contribution in [0.15, 0.2) is 279 Å². The van der Waals surface area contributed by atoms with E-state index in [1.807, 2.05) is 6.07 Å². The lowest BCUT2D eigenvalue weighted by Gasteiger charge is -2.34. The molecule has 0 spiro atoms. The molecule has 0 bridgehead atoms. The molecule has 71 heavy (non-hydrogen) atoms. The molecular weight excluding hydrogens is 855 g/mol. The lowest BCUT2D eigenvalue weighted by atomic mass is 9.67. The Balaban J connectivity index is 0.000000591. The van der Waals surface area contributed by atoms with Gasteiger partial charge in [-0.25, -0.2) is 0 Å². The van der Waals surface area contributed by atoms with Gasteiger partial charge in [0.2, 0.25) is 0 Å². The van der Waals surface area contributed by atoms with Crippen molar-refractivity contribution in [3.63, 3.8) is 0 Å². The number of aryl methyl sites for hydroxylation is 1. The third-order valence-corrected chi connectivity index (χ3v) is 14.7. The fraction of sp³-hybridized carbons (Fsp3) is 0.0571. The largest absolute Gasteiger partial charge is 0.311 e. The molecule has 11 aromatic carbocycles. The predicted molar refractivity (Wildman–Crippen MR) is 299 cm³/mol. The van der Waals surface area contributed by atoms with Crippen molar-refractivity contribution in [2.24, 2.45) is 0 Å². The zero-order chi connectivity index (χ0) is 47.6. The Bertz CT molecular complexity index is 3460. The standard InChI is InChI=1S/C62H43N.C8H10/c1-5-16-43(17-6-1)45-28-34-50(35-29-45)63(51-36-30-46(31-37-51)44-18-7-2-8-19-44)52-38-32-47(33-39-52)53-25-15-26-54-55-40-41-60-61(58(55)42-57(53)54)56-24-13-14-27-59(56)62(60,48-20-9-3-10-21-48)49-22-11-4-12-23-49;1-2-8-6-4-3-5-7-8/h1-41H,42H2;3-7H,2H2,1H3. The van der Waals surface area contributed by atoms with Gasteiger partial charge in [0, 0.05) is 17.1 Å². The van der Waals surface area contributed by atoms with Crippen molar-refractivity contribution in [3.8, 4) is 55.6 Å². The summed E-state index contributed by atoms with van der Waals surface area (Å²) in [6.45, 7) is 2.16. The van der Waals surface area contributed by atoms with Gasteiger partial charge in [0.05, 0.1) is 5.41 Å². The maximum Gasteiger partial charge on any atom is 0.0713 e. The van der Waals surface area contributed by atoms with Crippen molar-refractivity contribution in [2.45, 2.75) is 25.2 Å². The van der Waals surface area contributed by atoms with E-state index in [0.717, 1.165) is 29.9 Å². The maximum atomic E-state index is 2.43. The minimum absolute atomic E-state index is 0.410. The highest BCUT2D eigenvalue weighted by atomic mass is 15.1. The molecular formula is C70H53N. The second kappa shape index (κ2) is 19.0. The number of anilines is 3. The minimum atomic E-state index is -0.410. The first kappa shape index (κ1) is 43.5. The summed E-state index contributed by atoms with van der Waals surface area (Å²) in [6, 6.07) is 102. The normalized spacial score (nSPS) is 12.4. The molecule has 1 heteroatoms. The Kier molecular flexibility index (Phi) is 11.6. The van der Waals surface area contributed by atoms with Crippen molar-refractivity contribution in [3.05, 3.63) is 318 Å². The first-order valence-corrected chi connectivity index (χ1v) is 24.9. The minimum Gasteiger partial charge on any atom is -0.311 e. The summed E-state index contributed by atoms with van der Waals surface area (Å²) in [6.07, 6.45) is 2.02. The molecule has 0 radical (unpaired) electrons. The molecule has 0 fully saturated rings. The van der Waals surface area contributed by atoms with Crippen LogP contribution in [0, 0.1) is 0 Å². The first-order valence-electron chi connectivity index (χ1n) is 24.9. The number of rotatable bonds is 9. The van der Waals surface area contributed by atoms with Gasteiger partial charge in [-0.1, -0.05) is 250 Å². The van der Waals surface area contributed by atoms with Crippen LogP contribution in [0.25, 0.3) is 55.6 Å². The van der Waals surface area contributed by atoms with Crippen LogP contribution in [-0.2, 0) is 18.3 Å². The zero-order valence-electron chi connectivity index (χ0n) is 39.9. The number of nitrogens with zero attached hydrogens (tertiary/aromatic N) is 1. The van der Waals surface area contributed by atoms with Gasteiger partial charge in [0.1, 0.15) is 0 Å². The van der Waals surface area contributed by atoms with E-state index in [2.05, 4.69) is 285 Å². The van der Waals surface area contributed by atoms with Gasteiger partial charge in [-0.3, -0.25) is 0 Å². The highest BCUT2D eigenvalue weighted by molar-refractivity contribution is 5.96. The van der Waals surface area contributed by atoms with Crippen LogP contribution in [-0.4, -0.2) is 0 Å². The fourth-order valence-corrected chi connectivity index (χ4v) is 11.3. The van der Waals surface area contributed by atoms with Gasteiger partial charge >= 0.3 is 0 Å². The summed E-state index contributed by atoms with van der Waals surface area (Å²) in [5.74, 6) is 0. The van der Waals surface area contributed by atoms with Crippen molar-refractivity contribution >= 4 is 17.1 Å². The van der Waals surface area contributed by atoms with E-state index in [9.17, 15) is 0 Å².